The second-order valence-corrected chi connectivity index (χ2v) is 7.61. The number of amides is 1. The molecule has 0 fully saturated rings. The van der Waals surface area contributed by atoms with Gasteiger partial charge in [0.15, 0.2) is 0 Å². The predicted molar refractivity (Wildman–Crippen MR) is 98.0 cm³/mol. The number of hydrogen-bond donors (Lipinski definition) is 1. The zero-order valence-electron chi connectivity index (χ0n) is 14.9. The first-order valence-corrected chi connectivity index (χ1v) is 9.14. The van der Waals surface area contributed by atoms with Crippen LogP contribution < -0.4 is 5.32 Å². The normalized spacial score (nSPS) is 15.9. The zero-order valence-corrected chi connectivity index (χ0v) is 15.6. The number of benzene rings is 1. The van der Waals surface area contributed by atoms with Crippen LogP contribution in [0.2, 0.25) is 5.15 Å². The third kappa shape index (κ3) is 5.01. The summed E-state index contributed by atoms with van der Waals surface area (Å²) < 4.78 is 39.5. The Bertz CT molecular complexity index is 839. The number of halogens is 4. The number of carbonyl (C=O) groups is 1. The first-order valence-electron chi connectivity index (χ1n) is 8.77. The van der Waals surface area contributed by atoms with E-state index in [4.69, 9.17) is 11.6 Å². The maximum Gasteiger partial charge on any atom is 0.391 e. The second kappa shape index (κ2) is 7.50. The highest BCUT2D eigenvalue weighted by Gasteiger charge is 2.41. The topological polar surface area (TPSA) is 42.0 Å². The lowest BCUT2D eigenvalue weighted by atomic mass is 9.88. The van der Waals surface area contributed by atoms with Crippen molar-refractivity contribution in [3.8, 4) is 0 Å². The first-order chi connectivity index (χ1) is 12.7. The van der Waals surface area contributed by atoms with Gasteiger partial charge in [-0.25, -0.2) is 4.98 Å². The number of aromatic nitrogens is 1. The molecular formula is C20H20ClF3N2O. The van der Waals surface area contributed by atoms with E-state index in [2.05, 4.69) is 10.3 Å². The van der Waals surface area contributed by atoms with E-state index in [1.807, 2.05) is 0 Å². The van der Waals surface area contributed by atoms with Gasteiger partial charge in [0.2, 0.25) is 0 Å². The van der Waals surface area contributed by atoms with E-state index in [-0.39, 0.29) is 17.1 Å². The number of rotatable bonds is 5. The van der Waals surface area contributed by atoms with Crippen LogP contribution in [0.4, 0.5) is 13.2 Å². The van der Waals surface area contributed by atoms with Gasteiger partial charge in [0, 0.05) is 5.69 Å². The van der Waals surface area contributed by atoms with Crippen molar-refractivity contribution in [1.82, 2.24) is 10.3 Å². The molecule has 1 aliphatic carbocycles. The Hall–Kier alpha value is -2.08. The second-order valence-electron chi connectivity index (χ2n) is 7.26. The fraction of sp³-hybridized carbons (Fsp3) is 0.400. The van der Waals surface area contributed by atoms with Gasteiger partial charge in [-0.3, -0.25) is 4.79 Å². The molecule has 1 aromatic heterocycles. The lowest BCUT2D eigenvalue weighted by Gasteiger charge is -2.32. The van der Waals surface area contributed by atoms with Gasteiger partial charge in [0.25, 0.3) is 5.91 Å². The molecule has 0 spiro atoms. The van der Waals surface area contributed by atoms with Gasteiger partial charge in [-0.15, -0.1) is 0 Å². The van der Waals surface area contributed by atoms with Gasteiger partial charge in [-0.1, -0.05) is 41.9 Å². The van der Waals surface area contributed by atoms with Crippen LogP contribution in [-0.4, -0.2) is 22.6 Å². The molecule has 3 nitrogen and oxygen atoms in total. The molecule has 7 heteroatoms. The third-order valence-corrected chi connectivity index (χ3v) is 4.98. The van der Waals surface area contributed by atoms with Crippen LogP contribution in [-0.2, 0) is 19.3 Å². The van der Waals surface area contributed by atoms with Crippen molar-refractivity contribution in [1.29, 1.82) is 0 Å². The van der Waals surface area contributed by atoms with Crippen molar-refractivity contribution in [3.05, 3.63) is 63.9 Å². The van der Waals surface area contributed by atoms with Crippen molar-refractivity contribution < 1.29 is 18.0 Å². The Balaban J connectivity index is 1.86. The molecule has 0 radical (unpaired) electrons. The maximum absolute atomic E-state index is 13.2. The van der Waals surface area contributed by atoms with Crippen molar-refractivity contribution in [3.63, 3.8) is 0 Å². The summed E-state index contributed by atoms with van der Waals surface area (Å²) in [6.45, 7) is 1.40. The fourth-order valence-corrected chi connectivity index (χ4v) is 3.83. The zero-order chi connectivity index (χ0) is 19.7. The van der Waals surface area contributed by atoms with Gasteiger partial charge >= 0.3 is 6.18 Å². The van der Waals surface area contributed by atoms with Crippen LogP contribution in [0.5, 0.6) is 0 Å². The number of aryl methyl sites for hydroxylation is 2. The van der Waals surface area contributed by atoms with Crippen molar-refractivity contribution >= 4 is 17.5 Å². The van der Waals surface area contributed by atoms with Gasteiger partial charge in [-0.05, 0) is 49.8 Å². The average molecular weight is 397 g/mol. The Labute approximate surface area is 160 Å². The third-order valence-electron chi connectivity index (χ3n) is 4.69. The Morgan fingerprint density at radius 1 is 1.22 bits per heavy atom. The molecule has 1 aliphatic rings. The number of pyridine rings is 1. The smallest absolute Gasteiger partial charge is 0.346 e. The van der Waals surface area contributed by atoms with E-state index in [9.17, 15) is 18.0 Å². The molecule has 3 rings (SSSR count). The molecule has 144 valence electrons. The summed E-state index contributed by atoms with van der Waals surface area (Å²) in [5, 5.41) is 2.59. The first kappa shape index (κ1) is 19.7. The van der Waals surface area contributed by atoms with Crippen LogP contribution in [0.25, 0.3) is 0 Å². The SMILES string of the molecule is CC(Cc1ccccc1)(CC(F)(F)F)NC(=O)c1cc2c(nc1Cl)CCC2. The summed E-state index contributed by atoms with van der Waals surface area (Å²) in [5.74, 6) is -0.634. The molecule has 2 aromatic rings. The van der Waals surface area contributed by atoms with E-state index >= 15 is 0 Å². The van der Waals surface area contributed by atoms with E-state index < -0.39 is 24.0 Å². The van der Waals surface area contributed by atoms with Gasteiger partial charge in [-0.2, -0.15) is 13.2 Å². The summed E-state index contributed by atoms with van der Waals surface area (Å²) in [6.07, 6.45) is -2.98. The van der Waals surface area contributed by atoms with Crippen LogP contribution >= 0.6 is 11.6 Å². The lowest BCUT2D eigenvalue weighted by Crippen LogP contribution is -2.50. The van der Waals surface area contributed by atoms with E-state index in [0.29, 0.717) is 5.56 Å². The molecular weight excluding hydrogens is 377 g/mol. The fourth-order valence-electron chi connectivity index (χ4n) is 3.59. The van der Waals surface area contributed by atoms with Crippen LogP contribution in [0, 0.1) is 0 Å². The predicted octanol–water partition coefficient (Wildman–Crippen LogP) is 4.91. The van der Waals surface area contributed by atoms with Crippen LogP contribution in [0.15, 0.2) is 36.4 Å². The molecule has 0 bridgehead atoms. The summed E-state index contributed by atoms with van der Waals surface area (Å²) in [4.78, 5) is 17.0. The summed E-state index contributed by atoms with van der Waals surface area (Å²) in [5.41, 5.74) is 1.13. The highest BCUT2D eigenvalue weighted by molar-refractivity contribution is 6.32. The molecule has 27 heavy (non-hydrogen) atoms. The Morgan fingerprint density at radius 2 is 1.93 bits per heavy atom. The number of carbonyl (C=O) groups excluding carboxylic acids is 1. The maximum atomic E-state index is 13.2. The molecule has 0 aliphatic heterocycles. The summed E-state index contributed by atoms with van der Waals surface area (Å²) in [7, 11) is 0. The number of alkyl halides is 3. The molecule has 1 atom stereocenters. The lowest BCUT2D eigenvalue weighted by molar-refractivity contribution is -0.147. The molecule has 0 saturated carbocycles. The monoisotopic (exact) mass is 396 g/mol. The number of nitrogens with one attached hydrogen (secondary N) is 1. The van der Waals surface area contributed by atoms with Crippen molar-refractivity contribution in [2.24, 2.45) is 0 Å². The molecule has 1 unspecified atom stereocenters. The Kier molecular flexibility index (Phi) is 5.47. The van der Waals surface area contributed by atoms with Crippen LogP contribution in [0.3, 0.4) is 0 Å². The highest BCUT2D eigenvalue weighted by atomic mass is 35.5. The average Bonchev–Trinajstić information content (AvgIpc) is 2.99. The minimum Gasteiger partial charge on any atom is -0.346 e. The number of nitrogens with zero attached hydrogens (tertiary/aromatic N) is 1. The molecule has 1 heterocycles. The Morgan fingerprint density at radius 3 is 2.59 bits per heavy atom. The van der Waals surface area contributed by atoms with Gasteiger partial charge < -0.3 is 5.32 Å². The minimum absolute atomic E-state index is 0.0298. The molecule has 1 aromatic carbocycles. The largest absolute Gasteiger partial charge is 0.391 e. The minimum atomic E-state index is -4.42. The standard InChI is InChI=1S/C20H20ClF3N2O/c1-19(12-20(22,23)24,11-13-6-3-2-4-7-13)26-18(27)15-10-14-8-5-9-16(14)25-17(15)21/h2-4,6-7,10H,5,8-9,11-12H2,1H3,(H,26,27). The molecule has 1 amide bonds. The van der Waals surface area contributed by atoms with Crippen LogP contribution in [0.1, 0.15) is 46.9 Å². The van der Waals surface area contributed by atoms with E-state index in [0.717, 1.165) is 30.5 Å². The van der Waals surface area contributed by atoms with Crippen molar-refractivity contribution in [2.45, 2.75) is 50.7 Å². The quantitative estimate of drug-likeness (QED) is 0.730. The van der Waals surface area contributed by atoms with Gasteiger partial charge in [0.05, 0.1) is 17.5 Å². The highest BCUT2D eigenvalue weighted by Crippen LogP contribution is 2.31. The molecule has 1 N–H and O–H groups in total. The van der Waals surface area contributed by atoms with E-state index in [1.54, 1.807) is 36.4 Å². The van der Waals surface area contributed by atoms with Crippen molar-refractivity contribution in [2.75, 3.05) is 0 Å². The van der Waals surface area contributed by atoms with E-state index in [1.165, 1.54) is 6.92 Å². The number of hydrogen-bond acceptors (Lipinski definition) is 2. The van der Waals surface area contributed by atoms with Gasteiger partial charge in [0.1, 0.15) is 5.15 Å². The summed E-state index contributed by atoms with van der Waals surface area (Å²) >= 11 is 6.13. The molecule has 0 saturated heterocycles. The number of fused-ring (bicyclic) bond motifs is 1. The summed E-state index contributed by atoms with van der Waals surface area (Å²) in [6, 6.07) is 10.4.